The third-order valence-electron chi connectivity index (χ3n) is 3.24. The van der Waals surface area contributed by atoms with Gasteiger partial charge in [-0.05, 0) is 51.0 Å². The van der Waals surface area contributed by atoms with Crippen LogP contribution in [0.25, 0.3) is 0 Å². The molecular weight excluding hydrogens is 273 g/mol. The van der Waals surface area contributed by atoms with E-state index >= 15 is 0 Å². The molecule has 1 aromatic carbocycles. The zero-order valence-electron chi connectivity index (χ0n) is 12.7. The van der Waals surface area contributed by atoms with Crippen LogP contribution in [0.15, 0.2) is 18.2 Å². The normalized spacial score (nSPS) is 17.4. The minimum atomic E-state index is -1.64. The van der Waals surface area contributed by atoms with Crippen molar-refractivity contribution < 1.29 is 24.3 Å². The number of anilines is 1. The molecule has 114 valence electrons. The number of carbonyl (C=O) groups is 1. The van der Waals surface area contributed by atoms with Gasteiger partial charge in [-0.25, -0.2) is 4.79 Å². The van der Waals surface area contributed by atoms with Crippen molar-refractivity contribution in [1.29, 1.82) is 0 Å². The van der Waals surface area contributed by atoms with E-state index < -0.39 is 24.8 Å². The van der Waals surface area contributed by atoms with E-state index in [0.29, 0.717) is 17.9 Å². The zero-order valence-corrected chi connectivity index (χ0v) is 12.7. The summed E-state index contributed by atoms with van der Waals surface area (Å²) in [5, 5.41) is 19.1. The molecule has 0 saturated heterocycles. The number of amides is 1. The first-order valence-corrected chi connectivity index (χ1v) is 6.78. The van der Waals surface area contributed by atoms with Gasteiger partial charge in [0, 0.05) is 0 Å². The summed E-state index contributed by atoms with van der Waals surface area (Å²) in [6.07, 6.45) is -0.256. The van der Waals surface area contributed by atoms with Crippen LogP contribution in [0.2, 0.25) is 0 Å². The quantitative estimate of drug-likeness (QED) is 0.805. The molecule has 1 heterocycles. The SMILES string of the molecule is COc1ccc2c(c1)C[C@@H](B(O)O)N2C(=O)OC(C)(C)C. The summed E-state index contributed by atoms with van der Waals surface area (Å²) < 4.78 is 10.5. The van der Waals surface area contributed by atoms with E-state index in [1.807, 2.05) is 0 Å². The molecule has 0 radical (unpaired) electrons. The molecule has 1 aromatic rings. The molecule has 0 aromatic heterocycles. The van der Waals surface area contributed by atoms with Gasteiger partial charge in [-0.1, -0.05) is 0 Å². The Morgan fingerprint density at radius 3 is 2.57 bits per heavy atom. The highest BCUT2D eigenvalue weighted by Gasteiger charge is 2.42. The summed E-state index contributed by atoms with van der Waals surface area (Å²) in [7, 11) is -0.0864. The fourth-order valence-electron chi connectivity index (χ4n) is 2.37. The Kier molecular flexibility index (Phi) is 4.16. The summed E-state index contributed by atoms with van der Waals surface area (Å²) in [5.41, 5.74) is 0.776. The number of hydrogen-bond acceptors (Lipinski definition) is 5. The highest BCUT2D eigenvalue weighted by atomic mass is 16.6. The number of nitrogens with zero attached hydrogens (tertiary/aromatic N) is 1. The van der Waals surface area contributed by atoms with E-state index in [9.17, 15) is 14.8 Å². The van der Waals surface area contributed by atoms with Gasteiger partial charge < -0.3 is 19.5 Å². The molecular formula is C14H20BNO5. The zero-order chi connectivity index (χ0) is 15.8. The minimum Gasteiger partial charge on any atom is -0.497 e. The van der Waals surface area contributed by atoms with Crippen LogP contribution in [0, 0.1) is 0 Å². The van der Waals surface area contributed by atoms with Crippen LogP contribution in [0.3, 0.4) is 0 Å². The second kappa shape index (κ2) is 5.58. The van der Waals surface area contributed by atoms with Crippen molar-refractivity contribution in [3.8, 4) is 5.75 Å². The molecule has 2 N–H and O–H groups in total. The fourth-order valence-corrected chi connectivity index (χ4v) is 2.37. The van der Waals surface area contributed by atoms with Crippen molar-refractivity contribution in [3.63, 3.8) is 0 Å². The fraction of sp³-hybridized carbons (Fsp3) is 0.500. The lowest BCUT2D eigenvalue weighted by molar-refractivity contribution is 0.0574. The Balaban J connectivity index is 2.35. The number of rotatable bonds is 2. The first kappa shape index (κ1) is 15.7. The summed E-state index contributed by atoms with van der Waals surface area (Å²) >= 11 is 0. The maximum Gasteiger partial charge on any atom is 0.476 e. The first-order valence-electron chi connectivity index (χ1n) is 6.78. The van der Waals surface area contributed by atoms with Crippen molar-refractivity contribution >= 4 is 18.9 Å². The van der Waals surface area contributed by atoms with Crippen molar-refractivity contribution in [3.05, 3.63) is 23.8 Å². The number of fused-ring (bicyclic) bond motifs is 1. The molecule has 1 amide bonds. The molecule has 1 aliphatic heterocycles. The standard InChI is InChI=1S/C14H20BNO5/c1-14(2,3)21-13(17)16-11-6-5-10(20-4)7-9(11)8-12(16)15(18)19/h5-7,12,18-19H,8H2,1-4H3/t12-/m0/s1. The van der Waals surface area contributed by atoms with Gasteiger partial charge in [-0.15, -0.1) is 0 Å². The van der Waals surface area contributed by atoms with Crippen molar-refractivity contribution in [2.45, 2.75) is 38.7 Å². The maximum absolute atomic E-state index is 12.3. The third-order valence-corrected chi connectivity index (χ3v) is 3.24. The molecule has 0 unspecified atom stereocenters. The van der Waals surface area contributed by atoms with Crippen LogP contribution in [0.4, 0.5) is 10.5 Å². The van der Waals surface area contributed by atoms with Gasteiger partial charge in [0.2, 0.25) is 0 Å². The molecule has 1 aliphatic rings. The lowest BCUT2D eigenvalue weighted by Gasteiger charge is -2.28. The second-order valence-electron chi connectivity index (χ2n) is 6.03. The molecule has 0 aliphatic carbocycles. The van der Waals surface area contributed by atoms with Gasteiger partial charge in [0.1, 0.15) is 11.4 Å². The maximum atomic E-state index is 12.3. The van der Waals surface area contributed by atoms with E-state index in [0.717, 1.165) is 5.56 Å². The smallest absolute Gasteiger partial charge is 0.476 e. The molecule has 7 heteroatoms. The average Bonchev–Trinajstić information content (AvgIpc) is 2.74. The minimum absolute atomic E-state index is 0.337. The highest BCUT2D eigenvalue weighted by Crippen LogP contribution is 2.36. The molecule has 6 nitrogen and oxygen atoms in total. The van der Waals surface area contributed by atoms with Crippen LogP contribution < -0.4 is 9.64 Å². The van der Waals surface area contributed by atoms with Crippen molar-refractivity contribution in [2.24, 2.45) is 0 Å². The summed E-state index contributed by atoms with van der Waals surface area (Å²) in [6, 6.07) is 5.23. The number of hydrogen-bond donors (Lipinski definition) is 2. The van der Waals surface area contributed by atoms with Gasteiger partial charge >= 0.3 is 13.2 Å². The summed E-state index contributed by atoms with van der Waals surface area (Å²) in [5.74, 6) is -0.104. The summed E-state index contributed by atoms with van der Waals surface area (Å²) in [4.78, 5) is 13.6. The molecule has 0 bridgehead atoms. The number of methoxy groups -OCH3 is 1. The Hall–Kier alpha value is -1.73. The molecule has 0 spiro atoms. The highest BCUT2D eigenvalue weighted by molar-refractivity contribution is 6.45. The van der Waals surface area contributed by atoms with Crippen LogP contribution in [0.1, 0.15) is 26.3 Å². The van der Waals surface area contributed by atoms with E-state index in [1.165, 1.54) is 4.90 Å². The monoisotopic (exact) mass is 293 g/mol. The lowest BCUT2D eigenvalue weighted by atomic mass is 9.77. The van der Waals surface area contributed by atoms with Gasteiger partial charge in [0.15, 0.2) is 0 Å². The van der Waals surface area contributed by atoms with Crippen LogP contribution in [0.5, 0.6) is 5.75 Å². The first-order chi connectivity index (χ1) is 9.73. The third kappa shape index (κ3) is 3.30. The van der Waals surface area contributed by atoms with Gasteiger partial charge in [0.05, 0.1) is 18.7 Å². The van der Waals surface area contributed by atoms with Gasteiger partial charge in [0.25, 0.3) is 0 Å². The topological polar surface area (TPSA) is 79.2 Å². The van der Waals surface area contributed by atoms with Gasteiger partial charge in [-0.2, -0.15) is 0 Å². The van der Waals surface area contributed by atoms with E-state index in [-0.39, 0.29) is 0 Å². The van der Waals surface area contributed by atoms with Crippen molar-refractivity contribution in [2.75, 3.05) is 12.0 Å². The Morgan fingerprint density at radius 1 is 1.38 bits per heavy atom. The Bertz CT molecular complexity index is 541. The van der Waals surface area contributed by atoms with E-state index in [4.69, 9.17) is 9.47 Å². The summed E-state index contributed by atoms with van der Waals surface area (Å²) in [6.45, 7) is 5.29. The molecule has 0 saturated carbocycles. The lowest BCUT2D eigenvalue weighted by Crippen LogP contribution is -2.49. The predicted octanol–water partition coefficient (Wildman–Crippen LogP) is 1.37. The van der Waals surface area contributed by atoms with Crippen LogP contribution in [-0.2, 0) is 11.2 Å². The van der Waals surface area contributed by atoms with Gasteiger partial charge in [-0.3, -0.25) is 4.90 Å². The van der Waals surface area contributed by atoms with E-state index in [1.54, 1.807) is 46.1 Å². The molecule has 0 fully saturated rings. The van der Waals surface area contributed by atoms with E-state index in [2.05, 4.69) is 0 Å². The molecule has 21 heavy (non-hydrogen) atoms. The van der Waals surface area contributed by atoms with Crippen LogP contribution >= 0.6 is 0 Å². The van der Waals surface area contributed by atoms with Crippen LogP contribution in [-0.4, -0.2) is 41.9 Å². The number of benzene rings is 1. The molecule has 2 rings (SSSR count). The number of carbonyl (C=O) groups excluding carboxylic acids is 1. The second-order valence-corrected chi connectivity index (χ2v) is 6.03. The largest absolute Gasteiger partial charge is 0.497 e. The Labute approximate surface area is 124 Å². The predicted molar refractivity (Wildman–Crippen MR) is 79.4 cm³/mol. The molecule has 1 atom stereocenters. The Morgan fingerprint density at radius 2 is 2.05 bits per heavy atom. The number of ether oxygens (including phenoxy) is 2. The average molecular weight is 293 g/mol. The van der Waals surface area contributed by atoms with Crippen molar-refractivity contribution in [1.82, 2.24) is 0 Å².